The fraction of sp³-hybridized carbons (Fsp3) is 0.364. The average molecular weight is 440 g/mol. The molecule has 0 saturated heterocycles. The lowest BCUT2D eigenvalue weighted by atomic mass is 9.95. The number of thioether (sulfide) groups is 1. The molecule has 0 bridgehead atoms. The molecule has 0 radical (unpaired) electrons. The first-order valence-electron chi connectivity index (χ1n) is 10.4. The van der Waals surface area contributed by atoms with Gasteiger partial charge in [-0.1, -0.05) is 31.0 Å². The Kier molecular flexibility index (Phi) is 6.41. The van der Waals surface area contributed by atoms with Gasteiger partial charge >= 0.3 is 0 Å². The van der Waals surface area contributed by atoms with Gasteiger partial charge in [0.05, 0.1) is 11.5 Å². The molecule has 2 heterocycles. The van der Waals surface area contributed by atoms with Gasteiger partial charge in [-0.05, 0) is 56.2 Å². The Bertz CT molecular complexity index is 1040. The highest BCUT2D eigenvalue weighted by atomic mass is 32.2. The van der Waals surface area contributed by atoms with E-state index in [0.717, 1.165) is 12.8 Å². The number of nitrogens with one attached hydrogen (secondary N) is 1. The minimum Gasteiger partial charge on any atom is -0.461 e. The van der Waals surface area contributed by atoms with Crippen LogP contribution in [0.2, 0.25) is 0 Å². The molecule has 162 valence electrons. The van der Waals surface area contributed by atoms with Crippen LogP contribution in [0.5, 0.6) is 0 Å². The minimum absolute atomic E-state index is 0.158. The second-order valence-electron chi connectivity index (χ2n) is 7.64. The van der Waals surface area contributed by atoms with Crippen molar-refractivity contribution in [2.45, 2.75) is 55.5 Å². The van der Waals surface area contributed by atoms with Crippen LogP contribution in [0, 0.1) is 0 Å². The second kappa shape index (κ2) is 9.38. The van der Waals surface area contributed by atoms with Crippen molar-refractivity contribution in [3.8, 4) is 11.6 Å². The van der Waals surface area contributed by atoms with Gasteiger partial charge in [0.25, 0.3) is 0 Å². The predicted molar refractivity (Wildman–Crippen MR) is 119 cm³/mol. The van der Waals surface area contributed by atoms with Crippen molar-refractivity contribution in [3.05, 3.63) is 48.2 Å². The first kappa shape index (κ1) is 21.2. The van der Waals surface area contributed by atoms with Gasteiger partial charge in [-0.15, -0.1) is 10.2 Å². The number of hydrogen-bond acceptors (Lipinski definition) is 6. The van der Waals surface area contributed by atoms with Gasteiger partial charge in [0.2, 0.25) is 17.6 Å². The van der Waals surface area contributed by atoms with Crippen LogP contribution < -0.4 is 11.1 Å². The van der Waals surface area contributed by atoms with E-state index in [4.69, 9.17) is 10.2 Å². The molecule has 1 aliphatic carbocycles. The van der Waals surface area contributed by atoms with Crippen LogP contribution in [0.3, 0.4) is 0 Å². The lowest BCUT2D eigenvalue weighted by molar-refractivity contribution is -0.115. The molecule has 2 amide bonds. The van der Waals surface area contributed by atoms with Crippen molar-refractivity contribution >= 4 is 29.3 Å². The number of carbonyl (C=O) groups is 2. The molecule has 0 aliphatic heterocycles. The molecule has 0 spiro atoms. The molecular weight excluding hydrogens is 414 g/mol. The number of aromatic nitrogens is 3. The summed E-state index contributed by atoms with van der Waals surface area (Å²) in [6.45, 7) is 1.84. The molecule has 4 rings (SSSR count). The number of furan rings is 1. The van der Waals surface area contributed by atoms with Gasteiger partial charge < -0.3 is 15.5 Å². The number of rotatable bonds is 7. The van der Waals surface area contributed by atoms with Crippen LogP contribution in [-0.4, -0.2) is 31.8 Å². The van der Waals surface area contributed by atoms with E-state index in [-0.39, 0.29) is 5.91 Å². The number of anilines is 1. The van der Waals surface area contributed by atoms with Crippen LogP contribution in [0.25, 0.3) is 11.6 Å². The quantitative estimate of drug-likeness (QED) is 0.531. The van der Waals surface area contributed by atoms with Gasteiger partial charge in [0.1, 0.15) is 0 Å². The minimum atomic E-state index is -0.504. The summed E-state index contributed by atoms with van der Waals surface area (Å²) in [5, 5.41) is 12.0. The Morgan fingerprint density at radius 2 is 1.90 bits per heavy atom. The summed E-state index contributed by atoms with van der Waals surface area (Å²) in [5.74, 6) is 0.719. The lowest BCUT2D eigenvalue weighted by Crippen LogP contribution is -2.23. The smallest absolute Gasteiger partial charge is 0.248 e. The molecule has 1 aromatic carbocycles. The summed E-state index contributed by atoms with van der Waals surface area (Å²) in [6, 6.07) is 10.5. The molecule has 8 nitrogen and oxygen atoms in total. The lowest BCUT2D eigenvalue weighted by Gasteiger charge is -2.25. The number of amides is 2. The Labute approximate surface area is 184 Å². The van der Waals surface area contributed by atoms with Gasteiger partial charge in [0.15, 0.2) is 10.9 Å². The molecule has 1 saturated carbocycles. The standard InChI is InChI=1S/C22H25N5O3S/c1-14(21(29)24-16-11-9-15(10-12-16)19(23)28)31-22-26-25-20(18-8-5-13-30-18)27(22)17-6-3-2-4-7-17/h5,8-14,17H,2-4,6-7H2,1H3,(H2,23,28)(H,24,29)/t14-/m1/s1. The number of primary amides is 1. The van der Waals surface area contributed by atoms with Crippen LogP contribution in [0.4, 0.5) is 5.69 Å². The summed E-state index contributed by atoms with van der Waals surface area (Å²) in [5.41, 5.74) is 6.26. The first-order chi connectivity index (χ1) is 15.0. The van der Waals surface area contributed by atoms with Gasteiger partial charge in [-0.3, -0.25) is 14.2 Å². The zero-order valence-corrected chi connectivity index (χ0v) is 18.1. The van der Waals surface area contributed by atoms with Crippen molar-refractivity contribution in [2.24, 2.45) is 5.73 Å². The van der Waals surface area contributed by atoms with E-state index in [1.54, 1.807) is 30.5 Å². The summed E-state index contributed by atoms with van der Waals surface area (Å²) < 4.78 is 7.71. The van der Waals surface area contributed by atoms with E-state index in [1.807, 2.05) is 19.1 Å². The maximum atomic E-state index is 12.8. The van der Waals surface area contributed by atoms with E-state index < -0.39 is 11.2 Å². The van der Waals surface area contributed by atoms with Gasteiger partial charge in [-0.25, -0.2) is 0 Å². The number of benzene rings is 1. The Morgan fingerprint density at radius 1 is 1.16 bits per heavy atom. The van der Waals surface area contributed by atoms with Crippen LogP contribution in [0.15, 0.2) is 52.2 Å². The van der Waals surface area contributed by atoms with Crippen molar-refractivity contribution in [1.29, 1.82) is 0 Å². The highest BCUT2D eigenvalue weighted by Gasteiger charge is 2.27. The highest BCUT2D eigenvalue weighted by Crippen LogP contribution is 2.36. The molecule has 0 unspecified atom stereocenters. The fourth-order valence-electron chi connectivity index (χ4n) is 3.77. The van der Waals surface area contributed by atoms with E-state index in [2.05, 4.69) is 20.1 Å². The Balaban J connectivity index is 1.51. The monoisotopic (exact) mass is 439 g/mol. The van der Waals surface area contributed by atoms with E-state index in [0.29, 0.717) is 34.0 Å². The third-order valence-corrected chi connectivity index (χ3v) is 6.49. The SMILES string of the molecule is C[C@@H](Sc1nnc(-c2ccco2)n1C1CCCCC1)C(=O)Nc1ccc(C(N)=O)cc1. The normalized spacial score (nSPS) is 15.5. The third kappa shape index (κ3) is 4.82. The third-order valence-electron chi connectivity index (χ3n) is 5.43. The Hall–Kier alpha value is -3.07. The van der Waals surface area contributed by atoms with Crippen molar-refractivity contribution < 1.29 is 14.0 Å². The number of nitrogens with two attached hydrogens (primary N) is 1. The molecule has 2 aromatic heterocycles. The second-order valence-corrected chi connectivity index (χ2v) is 8.94. The summed E-state index contributed by atoms with van der Waals surface area (Å²) >= 11 is 1.38. The molecule has 9 heteroatoms. The maximum Gasteiger partial charge on any atom is 0.248 e. The number of carbonyl (C=O) groups excluding carboxylic acids is 2. The molecule has 1 fully saturated rings. The zero-order chi connectivity index (χ0) is 21.8. The summed E-state index contributed by atoms with van der Waals surface area (Å²) in [4.78, 5) is 24.0. The Morgan fingerprint density at radius 3 is 2.55 bits per heavy atom. The van der Waals surface area contributed by atoms with E-state index in [9.17, 15) is 9.59 Å². The highest BCUT2D eigenvalue weighted by molar-refractivity contribution is 8.00. The van der Waals surface area contributed by atoms with Crippen LogP contribution >= 0.6 is 11.8 Å². The topological polar surface area (TPSA) is 116 Å². The molecule has 1 aliphatic rings. The first-order valence-corrected chi connectivity index (χ1v) is 11.3. The summed E-state index contributed by atoms with van der Waals surface area (Å²) in [7, 11) is 0. The molecule has 31 heavy (non-hydrogen) atoms. The number of hydrogen-bond donors (Lipinski definition) is 2. The van der Waals surface area contributed by atoms with E-state index >= 15 is 0 Å². The predicted octanol–water partition coefficient (Wildman–Crippen LogP) is 4.26. The van der Waals surface area contributed by atoms with Crippen LogP contribution in [-0.2, 0) is 4.79 Å². The van der Waals surface area contributed by atoms with Crippen molar-refractivity contribution in [1.82, 2.24) is 14.8 Å². The number of nitrogens with zero attached hydrogens (tertiary/aromatic N) is 3. The fourth-order valence-corrected chi connectivity index (χ4v) is 4.69. The van der Waals surface area contributed by atoms with Crippen molar-refractivity contribution in [2.75, 3.05) is 5.32 Å². The van der Waals surface area contributed by atoms with E-state index in [1.165, 1.54) is 31.0 Å². The molecular formula is C22H25N5O3S. The maximum absolute atomic E-state index is 12.8. The van der Waals surface area contributed by atoms with Crippen molar-refractivity contribution in [3.63, 3.8) is 0 Å². The van der Waals surface area contributed by atoms with Gasteiger partial charge in [0, 0.05) is 17.3 Å². The van der Waals surface area contributed by atoms with Crippen LogP contribution in [0.1, 0.15) is 55.4 Å². The summed E-state index contributed by atoms with van der Waals surface area (Å²) in [6.07, 6.45) is 7.33. The largest absolute Gasteiger partial charge is 0.461 e. The average Bonchev–Trinajstić information content (AvgIpc) is 3.44. The molecule has 3 N–H and O–H groups in total. The zero-order valence-electron chi connectivity index (χ0n) is 17.3. The molecule has 3 aromatic rings. The van der Waals surface area contributed by atoms with Gasteiger partial charge in [-0.2, -0.15) is 0 Å². The molecule has 1 atom stereocenters.